The van der Waals surface area contributed by atoms with Crippen LogP contribution in [0.2, 0.25) is 0 Å². The van der Waals surface area contributed by atoms with E-state index < -0.39 is 9.84 Å². The van der Waals surface area contributed by atoms with Crippen molar-refractivity contribution < 1.29 is 22.7 Å². The summed E-state index contributed by atoms with van der Waals surface area (Å²) in [5.74, 6) is 0.876. The van der Waals surface area contributed by atoms with Crippen molar-refractivity contribution in [1.82, 2.24) is 4.90 Å². The lowest BCUT2D eigenvalue weighted by Crippen LogP contribution is -2.45. The molecule has 0 atom stereocenters. The van der Waals surface area contributed by atoms with Gasteiger partial charge in [-0.1, -0.05) is 12.1 Å². The fourth-order valence-corrected chi connectivity index (χ4v) is 3.13. The molecule has 110 valence electrons. The van der Waals surface area contributed by atoms with E-state index >= 15 is 0 Å². The highest BCUT2D eigenvalue weighted by Gasteiger charge is 2.25. The minimum atomic E-state index is -2.98. The number of carbonyl (C=O) groups excluding carboxylic acids is 1. The zero-order valence-corrected chi connectivity index (χ0v) is 12.1. The molecule has 0 bridgehead atoms. The summed E-state index contributed by atoms with van der Waals surface area (Å²) in [5, 5.41) is 0. The lowest BCUT2D eigenvalue weighted by molar-refractivity contribution is -0.133. The van der Waals surface area contributed by atoms with E-state index in [1.807, 2.05) is 6.07 Å². The number of benzene rings is 1. The van der Waals surface area contributed by atoms with Crippen molar-refractivity contribution in [2.24, 2.45) is 0 Å². The molecule has 1 heterocycles. The average molecular weight is 299 g/mol. The van der Waals surface area contributed by atoms with Crippen molar-refractivity contribution in [3.05, 3.63) is 24.3 Å². The van der Waals surface area contributed by atoms with Crippen LogP contribution < -0.4 is 9.47 Å². The van der Waals surface area contributed by atoms with Crippen molar-refractivity contribution >= 4 is 15.7 Å². The van der Waals surface area contributed by atoms with Gasteiger partial charge in [0.1, 0.15) is 0 Å². The van der Waals surface area contributed by atoms with Gasteiger partial charge in [-0.2, -0.15) is 0 Å². The Labute approximate surface area is 118 Å². The molecule has 6 nitrogen and oxygen atoms in total. The third-order valence-corrected chi connectivity index (χ3v) is 4.73. The molecule has 0 saturated carbocycles. The van der Waals surface area contributed by atoms with E-state index in [0.29, 0.717) is 11.5 Å². The molecule has 1 saturated heterocycles. The highest BCUT2D eigenvalue weighted by molar-refractivity contribution is 7.91. The van der Waals surface area contributed by atoms with E-state index in [1.54, 1.807) is 18.2 Å². The fourth-order valence-electron chi connectivity index (χ4n) is 1.93. The summed E-state index contributed by atoms with van der Waals surface area (Å²) in [5.41, 5.74) is 0. The first kappa shape index (κ1) is 14.6. The van der Waals surface area contributed by atoms with Crippen LogP contribution in [0, 0.1) is 0 Å². The standard InChI is InChI=1S/C13H17NO5S/c1-18-11-4-2-3-5-12(11)19-10-13(15)14-6-8-20(16,17)9-7-14/h2-5H,6-10H2,1H3. The van der Waals surface area contributed by atoms with Crippen LogP contribution in [0.3, 0.4) is 0 Å². The molecular weight excluding hydrogens is 282 g/mol. The van der Waals surface area contributed by atoms with Gasteiger partial charge >= 0.3 is 0 Å². The molecule has 1 aliphatic rings. The van der Waals surface area contributed by atoms with Crippen LogP contribution in [0.15, 0.2) is 24.3 Å². The first-order valence-corrected chi connectivity index (χ1v) is 8.08. The van der Waals surface area contributed by atoms with Crippen LogP contribution in [0.5, 0.6) is 11.5 Å². The fraction of sp³-hybridized carbons (Fsp3) is 0.462. The molecule has 0 aromatic heterocycles. The predicted molar refractivity (Wildman–Crippen MR) is 73.7 cm³/mol. The maximum Gasteiger partial charge on any atom is 0.260 e. The molecule has 1 amide bonds. The van der Waals surface area contributed by atoms with Gasteiger partial charge in [0.25, 0.3) is 5.91 Å². The number of ether oxygens (including phenoxy) is 2. The van der Waals surface area contributed by atoms with Crippen LogP contribution >= 0.6 is 0 Å². The smallest absolute Gasteiger partial charge is 0.260 e. The number of carbonyl (C=O) groups is 1. The zero-order valence-electron chi connectivity index (χ0n) is 11.2. The number of rotatable bonds is 4. The van der Waals surface area contributed by atoms with Gasteiger partial charge in [-0.25, -0.2) is 8.42 Å². The van der Waals surface area contributed by atoms with Gasteiger partial charge in [0.2, 0.25) is 0 Å². The van der Waals surface area contributed by atoms with Gasteiger partial charge in [0.05, 0.1) is 18.6 Å². The van der Waals surface area contributed by atoms with Gasteiger partial charge in [0.15, 0.2) is 27.9 Å². The van der Waals surface area contributed by atoms with E-state index in [9.17, 15) is 13.2 Å². The van der Waals surface area contributed by atoms with Gasteiger partial charge < -0.3 is 14.4 Å². The molecule has 0 spiro atoms. The Hall–Kier alpha value is -1.76. The summed E-state index contributed by atoms with van der Waals surface area (Å²) in [6.07, 6.45) is 0. The molecule has 1 aromatic carbocycles. The van der Waals surface area contributed by atoms with E-state index in [0.717, 1.165) is 0 Å². The molecule has 0 aliphatic carbocycles. The quantitative estimate of drug-likeness (QED) is 0.801. The monoisotopic (exact) mass is 299 g/mol. The Morgan fingerprint density at radius 1 is 1.20 bits per heavy atom. The van der Waals surface area contributed by atoms with Crippen molar-refractivity contribution in [3.63, 3.8) is 0 Å². The Morgan fingerprint density at radius 3 is 2.40 bits per heavy atom. The second kappa shape index (κ2) is 6.13. The molecule has 0 unspecified atom stereocenters. The SMILES string of the molecule is COc1ccccc1OCC(=O)N1CCS(=O)(=O)CC1. The van der Waals surface area contributed by atoms with Crippen LogP contribution in [-0.2, 0) is 14.6 Å². The Balaban J connectivity index is 1.89. The highest BCUT2D eigenvalue weighted by Crippen LogP contribution is 2.25. The number of hydrogen-bond acceptors (Lipinski definition) is 5. The minimum absolute atomic E-state index is 0.0212. The van der Waals surface area contributed by atoms with Crippen molar-refractivity contribution in [2.75, 3.05) is 38.3 Å². The minimum Gasteiger partial charge on any atom is -0.493 e. The summed E-state index contributed by atoms with van der Waals surface area (Å²) in [7, 11) is -1.45. The maximum absolute atomic E-state index is 11.9. The van der Waals surface area contributed by atoms with E-state index in [1.165, 1.54) is 12.0 Å². The second-order valence-corrected chi connectivity index (χ2v) is 6.78. The molecule has 0 N–H and O–H groups in total. The van der Waals surface area contributed by atoms with Gasteiger partial charge in [-0.15, -0.1) is 0 Å². The summed E-state index contributed by atoms with van der Waals surface area (Å²) >= 11 is 0. The molecule has 2 rings (SSSR count). The van der Waals surface area contributed by atoms with Gasteiger partial charge in [-0.3, -0.25) is 4.79 Å². The Kier molecular flexibility index (Phi) is 4.49. The topological polar surface area (TPSA) is 72.9 Å². The zero-order chi connectivity index (χ0) is 14.6. The first-order valence-electron chi connectivity index (χ1n) is 6.26. The molecule has 1 aliphatic heterocycles. The average Bonchev–Trinajstić information content (AvgIpc) is 2.45. The number of nitrogens with zero attached hydrogens (tertiary/aromatic N) is 1. The summed E-state index contributed by atoms with van der Waals surface area (Å²) in [4.78, 5) is 13.5. The van der Waals surface area contributed by atoms with Crippen molar-refractivity contribution in [2.45, 2.75) is 0 Å². The third-order valence-electron chi connectivity index (χ3n) is 3.12. The first-order chi connectivity index (χ1) is 9.52. The van der Waals surface area contributed by atoms with Crippen LogP contribution in [0.1, 0.15) is 0 Å². The molecular formula is C13H17NO5S. The molecule has 1 fully saturated rings. The maximum atomic E-state index is 11.9. The lowest BCUT2D eigenvalue weighted by Gasteiger charge is -2.26. The summed E-state index contributed by atoms with van der Waals surface area (Å²) < 4.78 is 33.1. The third kappa shape index (κ3) is 3.63. The lowest BCUT2D eigenvalue weighted by atomic mass is 10.3. The van der Waals surface area contributed by atoms with Crippen molar-refractivity contribution in [1.29, 1.82) is 0 Å². The van der Waals surface area contributed by atoms with E-state index in [-0.39, 0.29) is 37.1 Å². The van der Waals surface area contributed by atoms with Crippen molar-refractivity contribution in [3.8, 4) is 11.5 Å². The molecule has 7 heteroatoms. The molecule has 0 radical (unpaired) electrons. The summed E-state index contributed by atoms with van der Waals surface area (Å²) in [6.45, 7) is 0.341. The number of methoxy groups -OCH3 is 1. The normalized spacial score (nSPS) is 17.6. The number of sulfone groups is 1. The number of amides is 1. The van der Waals surface area contributed by atoms with Crippen LogP contribution in [-0.4, -0.2) is 57.5 Å². The van der Waals surface area contributed by atoms with E-state index in [2.05, 4.69) is 0 Å². The highest BCUT2D eigenvalue weighted by atomic mass is 32.2. The molecule has 20 heavy (non-hydrogen) atoms. The Bertz CT molecular complexity index is 570. The molecule has 1 aromatic rings. The summed E-state index contributed by atoms with van der Waals surface area (Å²) in [6, 6.07) is 7.05. The van der Waals surface area contributed by atoms with Crippen LogP contribution in [0.25, 0.3) is 0 Å². The Morgan fingerprint density at radius 2 is 1.80 bits per heavy atom. The number of para-hydroxylation sites is 2. The number of hydrogen-bond donors (Lipinski definition) is 0. The van der Waals surface area contributed by atoms with Gasteiger partial charge in [0, 0.05) is 13.1 Å². The van der Waals surface area contributed by atoms with E-state index in [4.69, 9.17) is 9.47 Å². The largest absolute Gasteiger partial charge is 0.493 e. The van der Waals surface area contributed by atoms with Gasteiger partial charge in [-0.05, 0) is 12.1 Å². The second-order valence-electron chi connectivity index (χ2n) is 4.47. The predicted octanol–water partition coefficient (Wildman–Crippen LogP) is 0.331. The van der Waals surface area contributed by atoms with Crippen LogP contribution in [0.4, 0.5) is 0 Å².